The fourth-order valence-electron chi connectivity index (χ4n) is 3.08. The summed E-state index contributed by atoms with van der Waals surface area (Å²) >= 11 is 0. The molecule has 1 aromatic carbocycles. The second-order valence-corrected chi connectivity index (χ2v) is 5.45. The van der Waals surface area contributed by atoms with E-state index in [9.17, 15) is 0 Å². The maximum atomic E-state index is 6.37. The molecule has 0 amide bonds. The highest BCUT2D eigenvalue weighted by atomic mass is 15.3. The molecule has 1 heterocycles. The number of benzene rings is 1. The van der Waals surface area contributed by atoms with E-state index in [-0.39, 0.29) is 6.04 Å². The van der Waals surface area contributed by atoms with Gasteiger partial charge in [0.1, 0.15) is 0 Å². The minimum Gasteiger partial charge on any atom is -0.326 e. The molecule has 1 aliphatic carbocycles. The molecule has 18 heavy (non-hydrogen) atoms. The highest BCUT2D eigenvalue weighted by Gasteiger charge is 2.21. The Morgan fingerprint density at radius 3 is 2.83 bits per heavy atom. The molecule has 0 radical (unpaired) electrons. The van der Waals surface area contributed by atoms with Crippen LogP contribution in [-0.4, -0.2) is 15.8 Å². The fraction of sp³-hybridized carbons (Fsp3) is 0.533. The van der Waals surface area contributed by atoms with E-state index in [0.29, 0.717) is 5.92 Å². The average molecular weight is 243 g/mol. The zero-order chi connectivity index (χ0) is 12.4. The average Bonchev–Trinajstić information content (AvgIpc) is 2.83. The predicted octanol–water partition coefficient (Wildman–Crippen LogP) is 2.94. The third-order valence-electron chi connectivity index (χ3n) is 4.19. The van der Waals surface area contributed by atoms with Crippen molar-refractivity contribution in [1.29, 1.82) is 0 Å². The molecular formula is C15H21N3. The molecule has 3 rings (SSSR count). The van der Waals surface area contributed by atoms with Gasteiger partial charge in [-0.15, -0.1) is 0 Å². The van der Waals surface area contributed by atoms with Gasteiger partial charge in [-0.2, -0.15) is 5.10 Å². The molecule has 1 fully saturated rings. The molecule has 0 saturated heterocycles. The molecule has 1 aliphatic rings. The van der Waals surface area contributed by atoms with Crippen molar-refractivity contribution < 1.29 is 0 Å². The lowest BCUT2D eigenvalue weighted by atomic mass is 9.84. The second kappa shape index (κ2) is 5.11. The van der Waals surface area contributed by atoms with Crippen molar-refractivity contribution in [3.8, 4) is 0 Å². The van der Waals surface area contributed by atoms with Crippen molar-refractivity contribution in [2.75, 3.05) is 0 Å². The smallest absolute Gasteiger partial charge is 0.0683 e. The van der Waals surface area contributed by atoms with Crippen LogP contribution in [0.5, 0.6) is 0 Å². The highest BCUT2D eigenvalue weighted by molar-refractivity contribution is 5.78. The van der Waals surface area contributed by atoms with Crippen molar-refractivity contribution in [1.82, 2.24) is 9.78 Å². The number of hydrogen-bond acceptors (Lipinski definition) is 2. The van der Waals surface area contributed by atoms with Crippen LogP contribution in [0.25, 0.3) is 10.9 Å². The minimum atomic E-state index is 0.244. The quantitative estimate of drug-likeness (QED) is 0.900. The van der Waals surface area contributed by atoms with Crippen molar-refractivity contribution in [2.24, 2.45) is 11.7 Å². The lowest BCUT2D eigenvalue weighted by molar-refractivity contribution is 0.281. The molecule has 2 aromatic rings. The monoisotopic (exact) mass is 243 g/mol. The zero-order valence-electron chi connectivity index (χ0n) is 10.8. The summed E-state index contributed by atoms with van der Waals surface area (Å²) in [6, 6.07) is 8.58. The summed E-state index contributed by atoms with van der Waals surface area (Å²) in [5.41, 5.74) is 7.57. The molecule has 0 bridgehead atoms. The molecule has 1 aromatic heterocycles. The third kappa shape index (κ3) is 2.27. The van der Waals surface area contributed by atoms with E-state index in [0.717, 1.165) is 6.54 Å². The van der Waals surface area contributed by atoms with Crippen molar-refractivity contribution >= 4 is 10.9 Å². The van der Waals surface area contributed by atoms with E-state index in [1.54, 1.807) is 0 Å². The molecule has 3 nitrogen and oxygen atoms in total. The summed E-state index contributed by atoms with van der Waals surface area (Å²) in [5, 5.41) is 5.67. The van der Waals surface area contributed by atoms with Gasteiger partial charge in [0, 0.05) is 11.4 Å². The number of rotatable bonds is 3. The topological polar surface area (TPSA) is 43.8 Å². The number of fused-ring (bicyclic) bond motifs is 1. The summed E-state index contributed by atoms with van der Waals surface area (Å²) in [4.78, 5) is 0. The predicted molar refractivity (Wildman–Crippen MR) is 74.3 cm³/mol. The molecular weight excluding hydrogens is 222 g/mol. The molecule has 2 N–H and O–H groups in total. The van der Waals surface area contributed by atoms with E-state index < -0.39 is 0 Å². The minimum absolute atomic E-state index is 0.244. The van der Waals surface area contributed by atoms with Gasteiger partial charge < -0.3 is 5.73 Å². The fourth-order valence-corrected chi connectivity index (χ4v) is 3.08. The molecule has 0 spiro atoms. The maximum Gasteiger partial charge on any atom is 0.0683 e. The summed E-state index contributed by atoms with van der Waals surface area (Å²) in [7, 11) is 0. The van der Waals surface area contributed by atoms with Gasteiger partial charge in [0.2, 0.25) is 0 Å². The van der Waals surface area contributed by atoms with Gasteiger partial charge in [-0.3, -0.25) is 4.68 Å². The van der Waals surface area contributed by atoms with Crippen LogP contribution in [0.4, 0.5) is 0 Å². The molecule has 96 valence electrons. The number of nitrogens with zero attached hydrogens (tertiary/aromatic N) is 2. The largest absolute Gasteiger partial charge is 0.326 e. The number of nitrogens with two attached hydrogens (primary N) is 1. The van der Waals surface area contributed by atoms with Crippen LogP contribution in [-0.2, 0) is 6.54 Å². The van der Waals surface area contributed by atoms with Crippen LogP contribution in [0.1, 0.15) is 32.1 Å². The number of aromatic nitrogens is 2. The van der Waals surface area contributed by atoms with Gasteiger partial charge in [-0.25, -0.2) is 0 Å². The third-order valence-corrected chi connectivity index (χ3v) is 4.19. The van der Waals surface area contributed by atoms with E-state index >= 15 is 0 Å². The van der Waals surface area contributed by atoms with Crippen LogP contribution >= 0.6 is 0 Å². The van der Waals surface area contributed by atoms with Gasteiger partial charge in [-0.1, -0.05) is 37.5 Å². The highest BCUT2D eigenvalue weighted by Crippen LogP contribution is 2.26. The van der Waals surface area contributed by atoms with Gasteiger partial charge in [0.25, 0.3) is 0 Å². The Morgan fingerprint density at radius 1 is 1.22 bits per heavy atom. The van der Waals surface area contributed by atoms with Crippen LogP contribution < -0.4 is 5.73 Å². The summed E-state index contributed by atoms with van der Waals surface area (Å²) < 4.78 is 2.06. The van der Waals surface area contributed by atoms with Crippen molar-refractivity contribution in [3.05, 3.63) is 30.5 Å². The first kappa shape index (κ1) is 11.7. The normalized spacial score (nSPS) is 19.2. The van der Waals surface area contributed by atoms with Gasteiger partial charge in [-0.05, 0) is 24.8 Å². The summed E-state index contributed by atoms with van der Waals surface area (Å²) in [5.74, 6) is 0.682. The Balaban J connectivity index is 1.75. The van der Waals surface area contributed by atoms with Crippen molar-refractivity contribution in [2.45, 2.75) is 44.7 Å². The van der Waals surface area contributed by atoms with Gasteiger partial charge >= 0.3 is 0 Å². The van der Waals surface area contributed by atoms with E-state index in [1.165, 1.54) is 43.0 Å². The van der Waals surface area contributed by atoms with Crippen LogP contribution in [0.15, 0.2) is 30.5 Å². The standard InChI is InChI=1S/C15H21N3/c16-14(12-6-2-1-3-7-12)11-18-15-9-5-4-8-13(15)10-17-18/h4-5,8-10,12,14H,1-3,6-7,11,16H2. The Hall–Kier alpha value is -1.35. The van der Waals surface area contributed by atoms with Crippen LogP contribution in [0.3, 0.4) is 0 Å². The maximum absolute atomic E-state index is 6.37. The first-order chi connectivity index (χ1) is 8.84. The Bertz CT molecular complexity index is 511. The van der Waals surface area contributed by atoms with Crippen molar-refractivity contribution in [3.63, 3.8) is 0 Å². The molecule has 1 atom stereocenters. The summed E-state index contributed by atoms with van der Waals surface area (Å²) in [6.45, 7) is 0.845. The lowest BCUT2D eigenvalue weighted by Gasteiger charge is -2.27. The van der Waals surface area contributed by atoms with E-state index in [4.69, 9.17) is 5.73 Å². The first-order valence-electron chi connectivity index (χ1n) is 7.01. The zero-order valence-corrected chi connectivity index (χ0v) is 10.8. The van der Waals surface area contributed by atoms with E-state index in [1.807, 2.05) is 6.20 Å². The molecule has 1 saturated carbocycles. The van der Waals surface area contributed by atoms with Crippen LogP contribution in [0, 0.1) is 5.92 Å². The van der Waals surface area contributed by atoms with Crippen LogP contribution in [0.2, 0.25) is 0 Å². The van der Waals surface area contributed by atoms with Gasteiger partial charge in [0.15, 0.2) is 0 Å². The molecule has 0 aliphatic heterocycles. The molecule has 1 unspecified atom stereocenters. The molecule has 3 heteroatoms. The van der Waals surface area contributed by atoms with E-state index in [2.05, 4.69) is 34.0 Å². The first-order valence-corrected chi connectivity index (χ1v) is 7.01. The Morgan fingerprint density at radius 2 is 2.00 bits per heavy atom. The Labute approximate surface area is 108 Å². The summed E-state index contributed by atoms with van der Waals surface area (Å²) in [6.07, 6.45) is 8.59. The second-order valence-electron chi connectivity index (χ2n) is 5.45. The number of hydrogen-bond donors (Lipinski definition) is 1. The number of para-hydroxylation sites is 1. The Kier molecular flexibility index (Phi) is 3.33. The lowest BCUT2D eigenvalue weighted by Crippen LogP contribution is -2.35. The van der Waals surface area contributed by atoms with Gasteiger partial charge in [0.05, 0.1) is 18.3 Å². The SMILES string of the molecule is NC(Cn1ncc2ccccc21)C1CCCCC1.